The van der Waals surface area contributed by atoms with Crippen LogP contribution in [0.2, 0.25) is 0 Å². The van der Waals surface area contributed by atoms with Crippen LogP contribution in [0.5, 0.6) is 0 Å². The SMILES string of the molecule is CCCC(CNC(=O)C(C)Cc1ccc(F)c(Br)c1)C(=O)O. The third-order valence-corrected chi connectivity index (χ3v) is 4.09. The van der Waals surface area contributed by atoms with Crippen molar-refractivity contribution in [2.45, 2.75) is 33.1 Å². The van der Waals surface area contributed by atoms with Crippen LogP contribution in [0.15, 0.2) is 22.7 Å². The molecule has 0 aromatic heterocycles. The van der Waals surface area contributed by atoms with E-state index in [9.17, 15) is 14.0 Å². The number of aliphatic carboxylic acids is 1. The Kier molecular flexibility index (Phi) is 7.51. The molecule has 0 aliphatic rings. The predicted molar refractivity (Wildman–Crippen MR) is 86.0 cm³/mol. The van der Waals surface area contributed by atoms with Gasteiger partial charge in [0.05, 0.1) is 10.4 Å². The number of carboxylic acid groups (broad SMARTS) is 1. The summed E-state index contributed by atoms with van der Waals surface area (Å²) in [6.07, 6.45) is 1.76. The summed E-state index contributed by atoms with van der Waals surface area (Å²) in [5, 5.41) is 11.7. The summed E-state index contributed by atoms with van der Waals surface area (Å²) >= 11 is 3.12. The van der Waals surface area contributed by atoms with Crippen LogP contribution in [0.25, 0.3) is 0 Å². The number of halogens is 2. The summed E-state index contributed by atoms with van der Waals surface area (Å²) in [5.41, 5.74) is 0.847. The van der Waals surface area contributed by atoms with Crippen molar-refractivity contribution in [1.29, 1.82) is 0 Å². The maximum absolute atomic E-state index is 13.2. The van der Waals surface area contributed by atoms with Gasteiger partial charge in [0, 0.05) is 12.5 Å². The van der Waals surface area contributed by atoms with Crippen molar-refractivity contribution in [2.24, 2.45) is 11.8 Å². The van der Waals surface area contributed by atoms with Crippen molar-refractivity contribution in [2.75, 3.05) is 6.54 Å². The topological polar surface area (TPSA) is 66.4 Å². The first-order valence-electron chi connectivity index (χ1n) is 7.29. The minimum absolute atomic E-state index is 0.138. The average molecular weight is 374 g/mol. The second-order valence-electron chi connectivity index (χ2n) is 5.42. The molecule has 1 rings (SSSR count). The van der Waals surface area contributed by atoms with Gasteiger partial charge in [0.2, 0.25) is 5.91 Å². The van der Waals surface area contributed by atoms with Gasteiger partial charge in [0.25, 0.3) is 0 Å². The molecule has 0 fully saturated rings. The zero-order valence-corrected chi connectivity index (χ0v) is 14.3. The number of rotatable bonds is 8. The highest BCUT2D eigenvalue weighted by atomic mass is 79.9. The molecule has 0 bridgehead atoms. The zero-order chi connectivity index (χ0) is 16.7. The molecule has 0 saturated heterocycles. The van der Waals surface area contributed by atoms with Gasteiger partial charge in [-0.25, -0.2) is 4.39 Å². The third-order valence-electron chi connectivity index (χ3n) is 3.48. The van der Waals surface area contributed by atoms with E-state index in [1.807, 2.05) is 6.92 Å². The van der Waals surface area contributed by atoms with Crippen LogP contribution < -0.4 is 5.32 Å². The molecule has 0 saturated carbocycles. The smallest absolute Gasteiger partial charge is 0.308 e. The molecule has 2 atom stereocenters. The quantitative estimate of drug-likeness (QED) is 0.733. The largest absolute Gasteiger partial charge is 0.481 e. The van der Waals surface area contributed by atoms with Crippen molar-refractivity contribution in [3.8, 4) is 0 Å². The van der Waals surface area contributed by atoms with Gasteiger partial charge in [0.15, 0.2) is 0 Å². The molecule has 22 heavy (non-hydrogen) atoms. The Balaban J connectivity index is 2.54. The van der Waals surface area contributed by atoms with Gasteiger partial charge in [-0.2, -0.15) is 0 Å². The lowest BCUT2D eigenvalue weighted by molar-refractivity contribution is -0.142. The van der Waals surface area contributed by atoms with Gasteiger partial charge in [-0.15, -0.1) is 0 Å². The number of hydrogen-bond acceptors (Lipinski definition) is 2. The summed E-state index contributed by atoms with van der Waals surface area (Å²) in [6, 6.07) is 4.64. The lowest BCUT2D eigenvalue weighted by Gasteiger charge is -2.16. The first-order chi connectivity index (χ1) is 10.3. The molecule has 4 nitrogen and oxygen atoms in total. The van der Waals surface area contributed by atoms with E-state index in [1.165, 1.54) is 6.07 Å². The van der Waals surface area contributed by atoms with E-state index in [2.05, 4.69) is 21.2 Å². The number of carbonyl (C=O) groups excluding carboxylic acids is 1. The van der Waals surface area contributed by atoms with Crippen molar-refractivity contribution in [1.82, 2.24) is 5.32 Å². The molecule has 0 heterocycles. The second kappa shape index (κ2) is 8.88. The molecular weight excluding hydrogens is 353 g/mol. The molecule has 6 heteroatoms. The summed E-state index contributed by atoms with van der Waals surface area (Å²) in [4.78, 5) is 23.1. The number of benzene rings is 1. The minimum Gasteiger partial charge on any atom is -0.481 e. The molecule has 0 radical (unpaired) electrons. The number of amides is 1. The normalized spacial score (nSPS) is 13.5. The van der Waals surface area contributed by atoms with E-state index in [0.717, 1.165) is 12.0 Å². The minimum atomic E-state index is -0.891. The first kappa shape index (κ1) is 18.6. The van der Waals surface area contributed by atoms with Gasteiger partial charge < -0.3 is 10.4 Å². The van der Waals surface area contributed by atoms with Crippen LogP contribution in [0.4, 0.5) is 4.39 Å². The molecule has 1 aromatic rings. The Hall–Kier alpha value is -1.43. The Morgan fingerprint density at radius 2 is 2.09 bits per heavy atom. The maximum atomic E-state index is 13.2. The Morgan fingerprint density at radius 1 is 1.41 bits per heavy atom. The standard InChI is InChI=1S/C16H21BrFNO3/c1-3-4-12(16(21)22)9-19-15(20)10(2)7-11-5-6-14(18)13(17)8-11/h5-6,8,10,12H,3-4,7,9H2,1-2H3,(H,19,20)(H,21,22). The summed E-state index contributed by atoms with van der Waals surface area (Å²) < 4.78 is 13.5. The number of carbonyl (C=O) groups is 2. The molecule has 0 aliphatic heterocycles. The van der Waals surface area contributed by atoms with E-state index in [0.29, 0.717) is 17.3 Å². The molecule has 1 aromatic carbocycles. The molecule has 122 valence electrons. The van der Waals surface area contributed by atoms with Crippen molar-refractivity contribution in [3.63, 3.8) is 0 Å². The lowest BCUT2D eigenvalue weighted by Crippen LogP contribution is -2.36. The van der Waals surface area contributed by atoms with Gasteiger partial charge in [0.1, 0.15) is 5.82 Å². The molecule has 2 N–H and O–H groups in total. The van der Waals surface area contributed by atoms with E-state index < -0.39 is 11.9 Å². The Bertz CT molecular complexity index is 536. The molecule has 1 amide bonds. The lowest BCUT2D eigenvalue weighted by atomic mass is 9.99. The van der Waals surface area contributed by atoms with Gasteiger partial charge >= 0.3 is 5.97 Å². The Morgan fingerprint density at radius 3 is 2.64 bits per heavy atom. The maximum Gasteiger partial charge on any atom is 0.308 e. The van der Waals surface area contributed by atoms with Crippen LogP contribution >= 0.6 is 15.9 Å². The molecular formula is C16H21BrFNO3. The third kappa shape index (κ3) is 5.75. The van der Waals surface area contributed by atoms with E-state index in [1.54, 1.807) is 19.1 Å². The van der Waals surface area contributed by atoms with Crippen molar-refractivity contribution < 1.29 is 19.1 Å². The van der Waals surface area contributed by atoms with Crippen LogP contribution in [0.1, 0.15) is 32.3 Å². The van der Waals surface area contributed by atoms with Gasteiger partial charge in [-0.3, -0.25) is 9.59 Å². The van der Waals surface area contributed by atoms with Crippen molar-refractivity contribution >= 4 is 27.8 Å². The number of nitrogens with one attached hydrogen (secondary N) is 1. The van der Waals surface area contributed by atoms with E-state index in [-0.39, 0.29) is 24.2 Å². The highest BCUT2D eigenvalue weighted by Gasteiger charge is 2.20. The van der Waals surface area contributed by atoms with E-state index >= 15 is 0 Å². The number of hydrogen-bond donors (Lipinski definition) is 2. The highest BCUT2D eigenvalue weighted by Crippen LogP contribution is 2.19. The first-order valence-corrected chi connectivity index (χ1v) is 8.08. The Labute approximate surface area is 138 Å². The molecule has 0 spiro atoms. The summed E-state index contributed by atoms with van der Waals surface area (Å²) in [7, 11) is 0. The summed E-state index contributed by atoms with van der Waals surface area (Å²) in [5.74, 6) is -2.29. The average Bonchev–Trinajstić information content (AvgIpc) is 2.46. The van der Waals surface area contributed by atoms with Crippen molar-refractivity contribution in [3.05, 3.63) is 34.1 Å². The predicted octanol–water partition coefficient (Wildman–Crippen LogP) is 3.38. The summed E-state index contributed by atoms with van der Waals surface area (Å²) in [6.45, 7) is 3.81. The fourth-order valence-corrected chi connectivity index (χ4v) is 2.60. The zero-order valence-electron chi connectivity index (χ0n) is 12.7. The fraction of sp³-hybridized carbons (Fsp3) is 0.500. The van der Waals surface area contributed by atoms with Gasteiger partial charge in [-0.1, -0.05) is 26.3 Å². The highest BCUT2D eigenvalue weighted by molar-refractivity contribution is 9.10. The van der Waals surface area contributed by atoms with Crippen LogP contribution in [0, 0.1) is 17.7 Å². The van der Waals surface area contributed by atoms with E-state index in [4.69, 9.17) is 5.11 Å². The molecule has 2 unspecified atom stereocenters. The monoisotopic (exact) mass is 373 g/mol. The second-order valence-corrected chi connectivity index (χ2v) is 6.28. The molecule has 0 aliphatic carbocycles. The number of carboxylic acids is 1. The van der Waals surface area contributed by atoms with Crippen LogP contribution in [0.3, 0.4) is 0 Å². The van der Waals surface area contributed by atoms with Gasteiger partial charge in [-0.05, 0) is 46.5 Å². The fourth-order valence-electron chi connectivity index (χ4n) is 2.17. The van der Waals surface area contributed by atoms with Crippen LogP contribution in [-0.4, -0.2) is 23.5 Å². The van der Waals surface area contributed by atoms with Crippen LogP contribution in [-0.2, 0) is 16.0 Å².